The molecular formula is C25H23N5O5. The number of benzene rings is 2. The summed E-state index contributed by atoms with van der Waals surface area (Å²) >= 11 is 0. The Morgan fingerprint density at radius 2 is 1.74 bits per heavy atom. The Morgan fingerprint density at radius 3 is 2.40 bits per heavy atom. The van der Waals surface area contributed by atoms with Gasteiger partial charge < -0.3 is 14.9 Å². The highest BCUT2D eigenvalue weighted by Crippen LogP contribution is 2.50. The summed E-state index contributed by atoms with van der Waals surface area (Å²) in [5.74, 6) is 0. The molecule has 10 nitrogen and oxygen atoms in total. The molecule has 2 aromatic heterocycles. The lowest BCUT2D eigenvalue weighted by Gasteiger charge is -2.23. The number of aryl methyl sites for hydroxylation is 1. The molecule has 2 aromatic carbocycles. The van der Waals surface area contributed by atoms with E-state index < -0.39 is 35.2 Å². The van der Waals surface area contributed by atoms with Crippen molar-refractivity contribution in [2.24, 2.45) is 0 Å². The van der Waals surface area contributed by atoms with Gasteiger partial charge in [-0.3, -0.25) is 14.3 Å². The van der Waals surface area contributed by atoms with Gasteiger partial charge >= 0.3 is 5.69 Å². The molecule has 1 aliphatic carbocycles. The number of hydrogen-bond acceptors (Lipinski definition) is 7. The van der Waals surface area contributed by atoms with E-state index in [1.165, 1.54) is 10.8 Å². The minimum atomic E-state index is -1.48. The molecule has 178 valence electrons. The van der Waals surface area contributed by atoms with Crippen molar-refractivity contribution in [1.29, 1.82) is 0 Å². The van der Waals surface area contributed by atoms with Crippen LogP contribution in [0.2, 0.25) is 0 Å². The number of hydrogen-bond donors (Lipinski definition) is 3. The van der Waals surface area contributed by atoms with Crippen LogP contribution in [0, 0.1) is 6.92 Å². The van der Waals surface area contributed by atoms with Crippen molar-refractivity contribution in [2.45, 2.75) is 37.3 Å². The van der Waals surface area contributed by atoms with Crippen molar-refractivity contribution in [3.8, 4) is 11.1 Å². The molecule has 3 atom stereocenters. The number of nitrogens with one attached hydrogen (secondary N) is 1. The standard InChI is InChI=1S/C25H23N5O5/c1-14-11-29(24(33)26-23(14)32)22-10-19(20(13-31)35-22)30-12-21(27-28-30)25(34)17-8-4-2-6-15(17)16-7-3-5-9-18(16)25/h2-9,11-12,19-20,22,31,34H,10,13H2,1H3,(H,26,32,33)/t19-,20+,22+/m0/s1. The second-order valence-corrected chi connectivity index (χ2v) is 8.98. The van der Waals surface area contributed by atoms with E-state index in [1.54, 1.807) is 17.8 Å². The third-order valence-corrected chi connectivity index (χ3v) is 6.98. The monoisotopic (exact) mass is 473 g/mol. The number of fused-ring (bicyclic) bond motifs is 3. The maximum atomic E-state index is 12.4. The number of nitrogens with zero attached hydrogens (tertiary/aromatic N) is 4. The lowest BCUT2D eigenvalue weighted by atomic mass is 9.88. The Labute approximate surface area is 199 Å². The molecule has 1 saturated heterocycles. The van der Waals surface area contributed by atoms with Gasteiger partial charge in [-0.25, -0.2) is 9.48 Å². The summed E-state index contributed by atoms with van der Waals surface area (Å²) in [6, 6.07) is 14.9. The van der Waals surface area contributed by atoms with Gasteiger partial charge in [-0.15, -0.1) is 5.10 Å². The third kappa shape index (κ3) is 3.14. The van der Waals surface area contributed by atoms with Gasteiger partial charge in [-0.1, -0.05) is 53.7 Å². The van der Waals surface area contributed by atoms with Gasteiger partial charge in [0, 0.05) is 29.3 Å². The fraction of sp³-hybridized carbons (Fsp3) is 0.280. The molecule has 0 radical (unpaired) electrons. The molecule has 6 rings (SSSR count). The van der Waals surface area contributed by atoms with E-state index in [-0.39, 0.29) is 6.61 Å². The van der Waals surface area contributed by atoms with Crippen LogP contribution >= 0.6 is 0 Å². The van der Waals surface area contributed by atoms with Crippen LogP contribution in [-0.2, 0) is 10.3 Å². The molecule has 0 saturated carbocycles. The van der Waals surface area contributed by atoms with Crippen LogP contribution in [0.15, 0.2) is 70.5 Å². The third-order valence-electron chi connectivity index (χ3n) is 6.98. The van der Waals surface area contributed by atoms with Gasteiger partial charge in [0.05, 0.1) is 18.8 Å². The molecule has 35 heavy (non-hydrogen) atoms. The van der Waals surface area contributed by atoms with Crippen molar-refractivity contribution in [2.75, 3.05) is 6.61 Å². The van der Waals surface area contributed by atoms with E-state index in [0.717, 1.165) is 22.3 Å². The van der Waals surface area contributed by atoms with E-state index in [9.17, 15) is 19.8 Å². The van der Waals surface area contributed by atoms with E-state index in [4.69, 9.17) is 4.74 Å². The molecule has 3 N–H and O–H groups in total. The number of aromatic nitrogens is 5. The predicted octanol–water partition coefficient (Wildman–Crippen LogP) is 1.22. The number of H-pyrrole nitrogens is 1. The zero-order valence-corrected chi connectivity index (χ0v) is 18.8. The van der Waals surface area contributed by atoms with Crippen LogP contribution in [0.3, 0.4) is 0 Å². The van der Waals surface area contributed by atoms with Crippen LogP contribution in [0.5, 0.6) is 0 Å². The topological polar surface area (TPSA) is 135 Å². The van der Waals surface area contributed by atoms with Gasteiger partial charge in [0.25, 0.3) is 5.56 Å². The summed E-state index contributed by atoms with van der Waals surface area (Å²) in [6.07, 6.45) is 2.06. The summed E-state index contributed by atoms with van der Waals surface area (Å²) in [7, 11) is 0. The first-order valence-corrected chi connectivity index (χ1v) is 11.3. The average molecular weight is 473 g/mol. The van der Waals surface area contributed by atoms with Crippen molar-refractivity contribution in [3.63, 3.8) is 0 Å². The summed E-state index contributed by atoms with van der Waals surface area (Å²) < 4.78 is 8.84. The van der Waals surface area contributed by atoms with Crippen LogP contribution in [0.1, 0.15) is 41.1 Å². The smallest absolute Gasteiger partial charge is 0.330 e. The van der Waals surface area contributed by atoms with E-state index in [2.05, 4.69) is 15.3 Å². The highest BCUT2D eigenvalue weighted by Gasteiger charge is 2.46. The zero-order chi connectivity index (χ0) is 24.3. The summed E-state index contributed by atoms with van der Waals surface area (Å²) in [4.78, 5) is 26.4. The molecule has 2 aliphatic rings. The minimum absolute atomic E-state index is 0.302. The molecule has 0 spiro atoms. The fourth-order valence-electron chi connectivity index (χ4n) is 5.22. The van der Waals surface area contributed by atoms with Crippen molar-refractivity contribution >= 4 is 0 Å². The van der Waals surface area contributed by atoms with Crippen LogP contribution in [0.25, 0.3) is 11.1 Å². The first kappa shape index (κ1) is 21.7. The van der Waals surface area contributed by atoms with Crippen LogP contribution < -0.4 is 11.2 Å². The summed E-state index contributed by atoms with van der Waals surface area (Å²) in [5, 5.41) is 30.6. The molecule has 1 fully saturated rings. The minimum Gasteiger partial charge on any atom is -0.394 e. The van der Waals surface area contributed by atoms with E-state index in [1.807, 2.05) is 48.5 Å². The normalized spacial score (nSPS) is 22.2. The molecule has 0 bridgehead atoms. The van der Waals surface area contributed by atoms with Crippen molar-refractivity contribution in [1.82, 2.24) is 24.5 Å². The largest absolute Gasteiger partial charge is 0.394 e. The SMILES string of the molecule is Cc1cn([C@H]2C[C@H](n3cc(C4(O)c5ccccc5-c5ccccc54)nn3)[C@@H](CO)O2)c(=O)[nH]c1=O. The van der Waals surface area contributed by atoms with Gasteiger partial charge in [-0.05, 0) is 18.1 Å². The number of aromatic amines is 1. The first-order chi connectivity index (χ1) is 16.9. The molecular weight excluding hydrogens is 450 g/mol. The van der Waals surface area contributed by atoms with Gasteiger partial charge in [0.2, 0.25) is 0 Å². The maximum absolute atomic E-state index is 12.4. The Kier molecular flexibility index (Phi) is 4.85. The first-order valence-electron chi connectivity index (χ1n) is 11.3. The average Bonchev–Trinajstić information content (AvgIpc) is 3.58. The lowest BCUT2D eigenvalue weighted by molar-refractivity contribution is -0.0323. The molecule has 3 heterocycles. The lowest BCUT2D eigenvalue weighted by Crippen LogP contribution is -2.33. The Hall–Kier alpha value is -3.86. The number of rotatable bonds is 4. The number of aliphatic hydroxyl groups is 2. The summed E-state index contributed by atoms with van der Waals surface area (Å²) in [5.41, 5.74) is 1.53. The van der Waals surface area contributed by atoms with Gasteiger partial charge in [-0.2, -0.15) is 0 Å². The van der Waals surface area contributed by atoms with E-state index >= 15 is 0 Å². The Morgan fingerprint density at radius 1 is 1.09 bits per heavy atom. The Bertz CT molecular complexity index is 1510. The fourth-order valence-corrected chi connectivity index (χ4v) is 5.22. The molecule has 0 amide bonds. The summed E-state index contributed by atoms with van der Waals surface area (Å²) in [6.45, 7) is 1.30. The van der Waals surface area contributed by atoms with Crippen LogP contribution in [-0.4, -0.2) is 47.5 Å². The van der Waals surface area contributed by atoms with Gasteiger partial charge in [0.15, 0.2) is 5.60 Å². The Balaban J connectivity index is 1.38. The van der Waals surface area contributed by atoms with Crippen LogP contribution in [0.4, 0.5) is 0 Å². The maximum Gasteiger partial charge on any atom is 0.330 e. The highest BCUT2D eigenvalue weighted by atomic mass is 16.5. The highest BCUT2D eigenvalue weighted by molar-refractivity contribution is 5.81. The predicted molar refractivity (Wildman–Crippen MR) is 125 cm³/mol. The number of ether oxygens (including phenoxy) is 1. The second kappa shape index (κ2) is 7.84. The second-order valence-electron chi connectivity index (χ2n) is 8.98. The van der Waals surface area contributed by atoms with Crippen molar-refractivity contribution in [3.05, 3.63) is 104 Å². The zero-order valence-electron chi connectivity index (χ0n) is 18.8. The molecule has 0 unspecified atom stereocenters. The quantitative estimate of drug-likeness (QED) is 0.406. The van der Waals surface area contributed by atoms with Gasteiger partial charge in [0.1, 0.15) is 18.0 Å². The molecule has 1 aliphatic heterocycles. The van der Waals surface area contributed by atoms with Crippen molar-refractivity contribution < 1.29 is 14.9 Å². The van der Waals surface area contributed by atoms with E-state index in [0.29, 0.717) is 17.7 Å². The molecule has 4 aromatic rings. The number of aliphatic hydroxyl groups excluding tert-OH is 1. The molecule has 10 heteroatoms.